The third-order valence-electron chi connectivity index (χ3n) is 3.46. The van der Waals surface area contributed by atoms with Crippen LogP contribution in [-0.2, 0) is 16.0 Å². The normalized spacial score (nSPS) is 13.2. The summed E-state index contributed by atoms with van der Waals surface area (Å²) < 4.78 is 4.88. The molecule has 0 spiro atoms. The number of aryl methyl sites for hydroxylation is 1. The van der Waals surface area contributed by atoms with Crippen molar-refractivity contribution in [1.29, 1.82) is 0 Å². The van der Waals surface area contributed by atoms with Gasteiger partial charge >= 0.3 is 0 Å². The maximum atomic E-state index is 12.2. The molecular weight excluding hydrogens is 294 g/mol. The fourth-order valence-electron chi connectivity index (χ4n) is 2.14. The van der Waals surface area contributed by atoms with Gasteiger partial charge in [-0.2, -0.15) is 0 Å². The summed E-state index contributed by atoms with van der Waals surface area (Å²) in [4.78, 5) is 24.2. The van der Waals surface area contributed by atoms with Crippen LogP contribution in [0.1, 0.15) is 25.2 Å². The molecule has 0 fully saturated rings. The number of carbonyl (C=O) groups is 2. The molecule has 0 aliphatic heterocycles. The molecule has 1 unspecified atom stereocenters. The Labute approximate surface area is 135 Å². The molecule has 1 heterocycles. The van der Waals surface area contributed by atoms with Gasteiger partial charge in [-0.15, -0.1) is 0 Å². The first-order chi connectivity index (χ1) is 11.0. The molecule has 1 aromatic carbocycles. The highest BCUT2D eigenvalue weighted by Gasteiger charge is 2.20. The van der Waals surface area contributed by atoms with E-state index in [9.17, 15) is 9.59 Å². The van der Waals surface area contributed by atoms with E-state index >= 15 is 0 Å². The number of amides is 2. The van der Waals surface area contributed by atoms with Crippen LogP contribution in [0.3, 0.4) is 0 Å². The third-order valence-corrected chi connectivity index (χ3v) is 3.46. The lowest BCUT2D eigenvalue weighted by Gasteiger charge is -2.17. The Morgan fingerprint density at radius 1 is 1.17 bits per heavy atom. The monoisotopic (exact) mass is 315 g/mol. The Balaban J connectivity index is 1.84. The number of anilines is 1. The zero-order chi connectivity index (χ0) is 16.8. The van der Waals surface area contributed by atoms with Crippen molar-refractivity contribution >= 4 is 17.6 Å². The standard InChI is InChI=1S/C17H21N3O3/c1-11(9-14-7-5-4-6-8-14)16(21)18-13(3)17(22)19-15-10-12(2)23-20-15/h4-8,10-11,13H,9H2,1-3H3,(H,18,21)(H,19,20,22)/t11?,13-/m0/s1. The second-order valence-electron chi connectivity index (χ2n) is 5.63. The highest BCUT2D eigenvalue weighted by molar-refractivity contribution is 5.96. The van der Waals surface area contributed by atoms with Crippen LogP contribution in [0.5, 0.6) is 0 Å². The second kappa shape index (κ2) is 7.58. The smallest absolute Gasteiger partial charge is 0.247 e. The van der Waals surface area contributed by atoms with Gasteiger partial charge in [0.25, 0.3) is 0 Å². The van der Waals surface area contributed by atoms with Crippen LogP contribution in [0.25, 0.3) is 0 Å². The van der Waals surface area contributed by atoms with Crippen molar-refractivity contribution < 1.29 is 14.1 Å². The average molecular weight is 315 g/mol. The van der Waals surface area contributed by atoms with Crippen LogP contribution in [0.4, 0.5) is 5.82 Å². The number of benzene rings is 1. The van der Waals surface area contributed by atoms with E-state index in [1.54, 1.807) is 19.9 Å². The van der Waals surface area contributed by atoms with Crippen molar-refractivity contribution in [3.63, 3.8) is 0 Å². The summed E-state index contributed by atoms with van der Waals surface area (Å²) in [7, 11) is 0. The molecule has 2 atom stereocenters. The van der Waals surface area contributed by atoms with Gasteiger partial charge in [0.2, 0.25) is 11.8 Å². The largest absolute Gasteiger partial charge is 0.360 e. The number of carbonyl (C=O) groups excluding carboxylic acids is 2. The number of nitrogens with one attached hydrogen (secondary N) is 2. The summed E-state index contributed by atoms with van der Waals surface area (Å²) in [5, 5.41) is 9.00. The van der Waals surface area contributed by atoms with Crippen molar-refractivity contribution in [3.05, 3.63) is 47.7 Å². The summed E-state index contributed by atoms with van der Waals surface area (Å²) in [6.07, 6.45) is 0.628. The van der Waals surface area contributed by atoms with E-state index < -0.39 is 6.04 Å². The quantitative estimate of drug-likeness (QED) is 0.856. The fraction of sp³-hybridized carbons (Fsp3) is 0.353. The molecule has 0 bridgehead atoms. The van der Waals surface area contributed by atoms with Crippen molar-refractivity contribution in [1.82, 2.24) is 10.5 Å². The Bertz CT molecular complexity index is 667. The van der Waals surface area contributed by atoms with E-state index in [0.717, 1.165) is 5.56 Å². The molecular formula is C17H21N3O3. The molecule has 23 heavy (non-hydrogen) atoms. The summed E-state index contributed by atoms with van der Waals surface area (Å²) in [6.45, 7) is 5.21. The van der Waals surface area contributed by atoms with Crippen LogP contribution in [0.15, 0.2) is 40.9 Å². The minimum Gasteiger partial charge on any atom is -0.360 e. The number of nitrogens with zero attached hydrogens (tertiary/aromatic N) is 1. The summed E-state index contributed by atoms with van der Waals surface area (Å²) >= 11 is 0. The lowest BCUT2D eigenvalue weighted by atomic mass is 10.00. The van der Waals surface area contributed by atoms with Gasteiger partial charge in [-0.3, -0.25) is 9.59 Å². The SMILES string of the molecule is Cc1cc(NC(=O)[C@H](C)NC(=O)C(C)Cc2ccccc2)no1. The highest BCUT2D eigenvalue weighted by atomic mass is 16.5. The molecule has 0 aliphatic carbocycles. The van der Waals surface area contributed by atoms with Crippen LogP contribution >= 0.6 is 0 Å². The Kier molecular flexibility index (Phi) is 5.51. The number of hydrogen-bond acceptors (Lipinski definition) is 4. The first-order valence-electron chi connectivity index (χ1n) is 7.54. The van der Waals surface area contributed by atoms with Crippen LogP contribution in [0, 0.1) is 12.8 Å². The van der Waals surface area contributed by atoms with Gasteiger partial charge < -0.3 is 15.2 Å². The van der Waals surface area contributed by atoms with Crippen LogP contribution in [0.2, 0.25) is 0 Å². The molecule has 6 nitrogen and oxygen atoms in total. The zero-order valence-electron chi connectivity index (χ0n) is 13.5. The Hall–Kier alpha value is -2.63. The molecule has 2 amide bonds. The summed E-state index contributed by atoms with van der Waals surface area (Å²) in [5.74, 6) is 0.229. The summed E-state index contributed by atoms with van der Waals surface area (Å²) in [6, 6.07) is 10.7. The molecule has 0 radical (unpaired) electrons. The van der Waals surface area contributed by atoms with E-state index in [1.165, 1.54) is 0 Å². The minimum absolute atomic E-state index is 0.159. The van der Waals surface area contributed by atoms with Gasteiger partial charge in [0.15, 0.2) is 5.82 Å². The van der Waals surface area contributed by atoms with E-state index in [1.807, 2.05) is 37.3 Å². The minimum atomic E-state index is -0.655. The second-order valence-corrected chi connectivity index (χ2v) is 5.63. The lowest BCUT2D eigenvalue weighted by Crippen LogP contribution is -2.44. The third kappa shape index (κ3) is 4.95. The number of aromatic nitrogens is 1. The highest BCUT2D eigenvalue weighted by Crippen LogP contribution is 2.10. The topological polar surface area (TPSA) is 84.2 Å². The predicted octanol–water partition coefficient (Wildman–Crippen LogP) is 2.31. The van der Waals surface area contributed by atoms with Crippen molar-refractivity contribution in [2.24, 2.45) is 5.92 Å². The molecule has 2 rings (SSSR count). The maximum absolute atomic E-state index is 12.2. The van der Waals surface area contributed by atoms with Crippen molar-refractivity contribution in [2.75, 3.05) is 5.32 Å². The molecule has 2 aromatic rings. The molecule has 0 aliphatic rings. The van der Waals surface area contributed by atoms with Gasteiger partial charge in [0.1, 0.15) is 11.8 Å². The van der Waals surface area contributed by atoms with E-state index in [0.29, 0.717) is 18.0 Å². The van der Waals surface area contributed by atoms with Gasteiger partial charge in [-0.1, -0.05) is 42.4 Å². The molecule has 1 aromatic heterocycles. The number of hydrogen-bond donors (Lipinski definition) is 2. The van der Waals surface area contributed by atoms with E-state index in [2.05, 4.69) is 15.8 Å². The fourth-order valence-corrected chi connectivity index (χ4v) is 2.14. The molecule has 6 heteroatoms. The first-order valence-corrected chi connectivity index (χ1v) is 7.54. The van der Waals surface area contributed by atoms with E-state index in [-0.39, 0.29) is 17.7 Å². The predicted molar refractivity (Wildman–Crippen MR) is 86.8 cm³/mol. The van der Waals surface area contributed by atoms with Crippen LogP contribution < -0.4 is 10.6 Å². The molecule has 0 saturated heterocycles. The molecule has 0 saturated carbocycles. The molecule has 2 N–H and O–H groups in total. The number of rotatable bonds is 6. The lowest BCUT2D eigenvalue weighted by molar-refractivity contribution is -0.128. The van der Waals surface area contributed by atoms with Crippen LogP contribution in [-0.4, -0.2) is 23.0 Å². The first kappa shape index (κ1) is 16.7. The van der Waals surface area contributed by atoms with E-state index in [4.69, 9.17) is 4.52 Å². The zero-order valence-corrected chi connectivity index (χ0v) is 13.5. The molecule has 122 valence electrons. The van der Waals surface area contributed by atoms with Crippen molar-refractivity contribution in [3.8, 4) is 0 Å². The Morgan fingerprint density at radius 3 is 2.48 bits per heavy atom. The van der Waals surface area contributed by atoms with Gasteiger partial charge in [0.05, 0.1) is 0 Å². The van der Waals surface area contributed by atoms with Gasteiger partial charge in [0, 0.05) is 12.0 Å². The summed E-state index contributed by atoms with van der Waals surface area (Å²) in [5.41, 5.74) is 1.09. The Morgan fingerprint density at radius 2 is 1.87 bits per heavy atom. The maximum Gasteiger partial charge on any atom is 0.247 e. The van der Waals surface area contributed by atoms with Gasteiger partial charge in [-0.25, -0.2) is 0 Å². The van der Waals surface area contributed by atoms with Crippen molar-refractivity contribution in [2.45, 2.75) is 33.2 Å². The van der Waals surface area contributed by atoms with Gasteiger partial charge in [-0.05, 0) is 25.8 Å². The average Bonchev–Trinajstić information content (AvgIpc) is 2.93.